The predicted molar refractivity (Wildman–Crippen MR) is 127 cm³/mol. The van der Waals surface area contributed by atoms with Crippen molar-refractivity contribution in [3.05, 3.63) is 96.6 Å². The van der Waals surface area contributed by atoms with Gasteiger partial charge in [0.15, 0.2) is 0 Å². The Kier molecular flexibility index (Phi) is 3.74. The highest BCUT2D eigenvalue weighted by molar-refractivity contribution is 6.23. The molecule has 6 rings (SSSR count). The molecule has 0 aliphatic carbocycles. The van der Waals surface area contributed by atoms with Crippen LogP contribution in [0.15, 0.2) is 91.0 Å². The maximum Gasteiger partial charge on any atom is 0.259 e. The molecule has 5 aromatic carbocycles. The summed E-state index contributed by atoms with van der Waals surface area (Å²) in [5.41, 5.74) is 2.96. The summed E-state index contributed by atoms with van der Waals surface area (Å²) < 4.78 is 0. The number of aromatic nitrogens is 1. The van der Waals surface area contributed by atoms with E-state index in [1.807, 2.05) is 48.5 Å². The largest absolute Gasteiger partial charge is 0.507 e. The van der Waals surface area contributed by atoms with Crippen molar-refractivity contribution in [2.75, 3.05) is 5.32 Å². The molecule has 0 radical (unpaired) electrons. The summed E-state index contributed by atoms with van der Waals surface area (Å²) in [6.45, 7) is 0. The molecule has 0 unspecified atom stereocenters. The summed E-state index contributed by atoms with van der Waals surface area (Å²) in [6.07, 6.45) is 0. The minimum Gasteiger partial charge on any atom is -0.507 e. The molecule has 0 fully saturated rings. The maximum absolute atomic E-state index is 12.8. The zero-order valence-electron chi connectivity index (χ0n) is 16.5. The van der Waals surface area contributed by atoms with Gasteiger partial charge in [0.2, 0.25) is 0 Å². The third-order valence-corrected chi connectivity index (χ3v) is 5.88. The van der Waals surface area contributed by atoms with E-state index >= 15 is 0 Å². The van der Waals surface area contributed by atoms with Gasteiger partial charge in [-0.3, -0.25) is 4.79 Å². The van der Waals surface area contributed by atoms with Crippen molar-refractivity contribution in [2.45, 2.75) is 0 Å². The first kappa shape index (κ1) is 17.5. The van der Waals surface area contributed by atoms with E-state index in [4.69, 9.17) is 0 Å². The highest BCUT2D eigenvalue weighted by Crippen LogP contribution is 2.36. The summed E-state index contributed by atoms with van der Waals surface area (Å²) in [6, 6.07) is 29.2. The van der Waals surface area contributed by atoms with Gasteiger partial charge >= 0.3 is 0 Å². The monoisotopic (exact) mass is 402 g/mol. The number of nitrogens with one attached hydrogen (secondary N) is 2. The highest BCUT2D eigenvalue weighted by Gasteiger charge is 2.16. The highest BCUT2D eigenvalue weighted by atomic mass is 16.3. The van der Waals surface area contributed by atoms with Crippen molar-refractivity contribution in [3.63, 3.8) is 0 Å². The number of phenols is 1. The number of phenolic OH excluding ortho intramolecular Hbond substituents is 1. The standard InChI is InChI=1S/C27H18N2O2/c30-24-15-22-17(14-23(24)27(31)28-18-7-2-1-3-8-18)11-13-21-20-12-10-16-6-4-5-9-19(16)25(20)29-26(21)22/h1-15,29-30H,(H,28,31). The van der Waals surface area contributed by atoms with E-state index in [1.54, 1.807) is 12.1 Å². The molecule has 148 valence electrons. The van der Waals surface area contributed by atoms with Gasteiger partial charge in [0, 0.05) is 27.2 Å². The molecular weight excluding hydrogens is 384 g/mol. The van der Waals surface area contributed by atoms with Crippen molar-refractivity contribution in [2.24, 2.45) is 0 Å². The number of benzene rings is 5. The van der Waals surface area contributed by atoms with Crippen LogP contribution >= 0.6 is 0 Å². The van der Waals surface area contributed by atoms with Gasteiger partial charge < -0.3 is 15.4 Å². The Bertz CT molecular complexity index is 1630. The van der Waals surface area contributed by atoms with Gasteiger partial charge in [-0.05, 0) is 35.0 Å². The van der Waals surface area contributed by atoms with E-state index in [9.17, 15) is 9.90 Å². The van der Waals surface area contributed by atoms with Crippen molar-refractivity contribution in [1.82, 2.24) is 4.98 Å². The molecular formula is C27H18N2O2. The van der Waals surface area contributed by atoms with E-state index in [-0.39, 0.29) is 17.2 Å². The fraction of sp³-hybridized carbons (Fsp3) is 0. The second kappa shape index (κ2) is 6.61. The quantitative estimate of drug-likeness (QED) is 0.306. The minimum atomic E-state index is -0.340. The predicted octanol–water partition coefficient (Wildman–Crippen LogP) is 6.59. The van der Waals surface area contributed by atoms with Gasteiger partial charge in [-0.1, -0.05) is 66.7 Å². The molecule has 4 heteroatoms. The first-order valence-electron chi connectivity index (χ1n) is 10.1. The molecule has 1 aromatic heterocycles. The van der Waals surface area contributed by atoms with Crippen LogP contribution in [0.2, 0.25) is 0 Å². The Balaban J connectivity index is 1.54. The van der Waals surface area contributed by atoms with Crippen molar-refractivity contribution in [1.29, 1.82) is 0 Å². The van der Waals surface area contributed by atoms with Crippen LogP contribution in [0.25, 0.3) is 43.4 Å². The molecule has 0 saturated heterocycles. The first-order chi connectivity index (χ1) is 15.2. The lowest BCUT2D eigenvalue weighted by Gasteiger charge is -2.09. The zero-order chi connectivity index (χ0) is 20.9. The molecule has 0 spiro atoms. The number of fused-ring (bicyclic) bond motifs is 7. The molecule has 1 amide bonds. The normalized spacial score (nSPS) is 11.5. The van der Waals surface area contributed by atoms with Crippen LogP contribution < -0.4 is 5.32 Å². The van der Waals surface area contributed by atoms with Gasteiger partial charge in [0.05, 0.1) is 16.6 Å². The number of para-hydroxylation sites is 1. The third kappa shape index (κ3) is 2.73. The van der Waals surface area contributed by atoms with Crippen LogP contribution in [-0.4, -0.2) is 16.0 Å². The fourth-order valence-electron chi connectivity index (χ4n) is 4.38. The molecule has 0 bridgehead atoms. The Morgan fingerprint density at radius 1 is 0.677 bits per heavy atom. The fourth-order valence-corrected chi connectivity index (χ4v) is 4.38. The zero-order valence-corrected chi connectivity index (χ0v) is 16.5. The summed E-state index contributed by atoms with van der Waals surface area (Å²) in [7, 11) is 0. The Hall–Kier alpha value is -4.31. The lowest BCUT2D eigenvalue weighted by atomic mass is 10.0. The number of hydrogen-bond donors (Lipinski definition) is 3. The second-order valence-corrected chi connectivity index (χ2v) is 7.73. The number of H-pyrrole nitrogens is 1. The van der Waals surface area contributed by atoms with Crippen LogP contribution in [0.5, 0.6) is 5.75 Å². The molecule has 3 N–H and O–H groups in total. The van der Waals surface area contributed by atoms with Gasteiger partial charge in [0.1, 0.15) is 5.75 Å². The van der Waals surface area contributed by atoms with Gasteiger partial charge in [-0.2, -0.15) is 0 Å². The van der Waals surface area contributed by atoms with Crippen LogP contribution in [-0.2, 0) is 0 Å². The lowest BCUT2D eigenvalue weighted by Crippen LogP contribution is -2.12. The number of rotatable bonds is 2. The molecule has 31 heavy (non-hydrogen) atoms. The molecule has 0 aliphatic rings. The number of aromatic amines is 1. The maximum atomic E-state index is 12.8. The summed E-state index contributed by atoms with van der Waals surface area (Å²) in [5.74, 6) is -0.384. The summed E-state index contributed by atoms with van der Waals surface area (Å²) in [5, 5.41) is 19.9. The van der Waals surface area contributed by atoms with Gasteiger partial charge in [-0.15, -0.1) is 0 Å². The molecule has 1 heterocycles. The molecule has 0 saturated carbocycles. The molecule has 4 nitrogen and oxygen atoms in total. The third-order valence-electron chi connectivity index (χ3n) is 5.88. The van der Waals surface area contributed by atoms with Gasteiger partial charge in [-0.25, -0.2) is 0 Å². The topological polar surface area (TPSA) is 65.1 Å². The van der Waals surface area contributed by atoms with E-state index in [1.165, 1.54) is 5.39 Å². The van der Waals surface area contributed by atoms with Crippen LogP contribution in [0, 0.1) is 0 Å². The number of carbonyl (C=O) groups excluding carboxylic acids is 1. The van der Waals surface area contributed by atoms with Crippen molar-refractivity contribution >= 4 is 54.9 Å². The Morgan fingerprint density at radius 2 is 1.35 bits per heavy atom. The van der Waals surface area contributed by atoms with Gasteiger partial charge in [0.25, 0.3) is 5.91 Å². The minimum absolute atomic E-state index is 0.0445. The molecule has 0 aliphatic heterocycles. The lowest BCUT2D eigenvalue weighted by molar-refractivity contribution is 0.102. The number of carbonyl (C=O) groups is 1. The number of hydrogen-bond acceptors (Lipinski definition) is 2. The Labute approximate surface area is 177 Å². The second-order valence-electron chi connectivity index (χ2n) is 7.73. The molecule has 6 aromatic rings. The summed E-state index contributed by atoms with van der Waals surface area (Å²) >= 11 is 0. The van der Waals surface area contributed by atoms with Crippen LogP contribution in [0.4, 0.5) is 5.69 Å². The average Bonchev–Trinajstić information content (AvgIpc) is 3.19. The number of anilines is 1. The summed E-state index contributed by atoms with van der Waals surface area (Å²) in [4.78, 5) is 16.3. The van der Waals surface area contributed by atoms with Crippen molar-refractivity contribution < 1.29 is 9.90 Å². The first-order valence-corrected chi connectivity index (χ1v) is 10.1. The van der Waals surface area contributed by atoms with E-state index < -0.39 is 0 Å². The number of amides is 1. The smallest absolute Gasteiger partial charge is 0.259 e. The number of aromatic hydroxyl groups is 1. The van der Waals surface area contributed by atoms with Crippen molar-refractivity contribution in [3.8, 4) is 5.75 Å². The molecule has 0 atom stereocenters. The van der Waals surface area contributed by atoms with E-state index in [0.29, 0.717) is 5.69 Å². The van der Waals surface area contributed by atoms with Crippen LogP contribution in [0.1, 0.15) is 10.4 Å². The average molecular weight is 402 g/mol. The van der Waals surface area contributed by atoms with E-state index in [0.717, 1.165) is 38.0 Å². The Morgan fingerprint density at radius 3 is 2.16 bits per heavy atom. The van der Waals surface area contributed by atoms with Crippen LogP contribution in [0.3, 0.4) is 0 Å². The SMILES string of the molecule is O=C(Nc1ccccc1)c1cc2ccc3c4ccc5ccccc5c4[nH]c3c2cc1O. The van der Waals surface area contributed by atoms with E-state index in [2.05, 4.69) is 40.6 Å².